The molecule has 0 saturated heterocycles. The van der Waals surface area contributed by atoms with Crippen molar-refractivity contribution in [2.24, 2.45) is 0 Å². The average Bonchev–Trinajstić information content (AvgIpc) is 3.46. The Morgan fingerprint density at radius 2 is 1.71 bits per heavy atom. The number of aromatic hydroxyl groups is 1. The molecular weight excluding hydrogens is 498 g/mol. The third kappa shape index (κ3) is 4.65. The van der Waals surface area contributed by atoms with Crippen molar-refractivity contribution in [2.45, 2.75) is 67.7 Å². The van der Waals surface area contributed by atoms with E-state index in [4.69, 9.17) is 0 Å². The first-order valence-corrected chi connectivity index (χ1v) is 14.5. The lowest BCUT2D eigenvalue weighted by atomic mass is 10.0. The zero-order valence-electron chi connectivity index (χ0n) is 21.5. The number of pyridine rings is 1. The Bertz CT molecular complexity index is 1610. The van der Waals surface area contributed by atoms with Crippen LogP contribution in [-0.2, 0) is 9.84 Å². The Balaban J connectivity index is 1.66. The molecule has 2 aromatic carbocycles. The Kier molecular flexibility index (Phi) is 7.17. The molecule has 0 bridgehead atoms. The van der Waals surface area contributed by atoms with E-state index in [0.29, 0.717) is 12.2 Å². The molecule has 2 heterocycles. The van der Waals surface area contributed by atoms with Gasteiger partial charge in [0, 0.05) is 18.3 Å². The summed E-state index contributed by atoms with van der Waals surface area (Å²) < 4.78 is 29.1. The molecule has 38 heavy (non-hydrogen) atoms. The maximum absolute atomic E-state index is 14.1. The molecule has 1 N–H and O–H groups in total. The van der Waals surface area contributed by atoms with Gasteiger partial charge in [-0.1, -0.05) is 62.2 Å². The lowest BCUT2D eigenvalue weighted by Gasteiger charge is -2.25. The van der Waals surface area contributed by atoms with E-state index in [-0.39, 0.29) is 10.8 Å². The van der Waals surface area contributed by atoms with Crippen molar-refractivity contribution in [3.63, 3.8) is 0 Å². The summed E-state index contributed by atoms with van der Waals surface area (Å²) in [6.45, 7) is 3.89. The van der Waals surface area contributed by atoms with Gasteiger partial charge >= 0.3 is 0 Å². The minimum Gasteiger partial charge on any atom is -0.492 e. The monoisotopic (exact) mass is 529 g/mol. The van der Waals surface area contributed by atoms with Crippen molar-refractivity contribution < 1.29 is 13.5 Å². The fourth-order valence-corrected chi connectivity index (χ4v) is 6.85. The second-order valence-corrected chi connectivity index (χ2v) is 11.7. The highest BCUT2D eigenvalue weighted by Gasteiger charge is 2.34. The van der Waals surface area contributed by atoms with Gasteiger partial charge in [0.05, 0.1) is 10.9 Å². The Morgan fingerprint density at radius 3 is 2.34 bits per heavy atom. The number of hydrogen-bond acceptors (Lipinski definition) is 6. The van der Waals surface area contributed by atoms with Crippen LogP contribution in [0.5, 0.6) is 5.88 Å². The topological polar surface area (TPSA) is 102 Å². The smallest absolute Gasteiger partial charge is 0.277 e. The van der Waals surface area contributed by atoms with Crippen LogP contribution in [0.3, 0.4) is 0 Å². The predicted octanol–water partition coefficient (Wildman–Crippen LogP) is 5.81. The first-order chi connectivity index (χ1) is 18.3. The minimum absolute atomic E-state index is 0.00833. The van der Waals surface area contributed by atoms with Crippen LogP contribution in [-0.4, -0.2) is 28.1 Å². The van der Waals surface area contributed by atoms with Crippen LogP contribution in [0.2, 0.25) is 0 Å². The third-order valence-electron chi connectivity index (χ3n) is 7.45. The molecular formula is C30H31N3O4S. The number of benzene rings is 2. The molecule has 0 aliphatic heterocycles. The van der Waals surface area contributed by atoms with Crippen LogP contribution in [0.1, 0.15) is 67.9 Å². The maximum Gasteiger partial charge on any atom is 0.277 e. The van der Waals surface area contributed by atoms with E-state index in [1.807, 2.05) is 50.2 Å². The lowest BCUT2D eigenvalue weighted by molar-refractivity contribution is 0.399. The van der Waals surface area contributed by atoms with Crippen molar-refractivity contribution in [1.82, 2.24) is 14.5 Å². The molecule has 1 aliphatic rings. The SMILES string of the molecule is CCC(c1ccccc1)n1c(C2CCCC2)nc(O)c(S(=O)(=O)c2ccc(-c3ccncc3C)cc2)c1=O. The second kappa shape index (κ2) is 10.5. The quantitative estimate of drug-likeness (QED) is 0.324. The Labute approximate surface area is 222 Å². The summed E-state index contributed by atoms with van der Waals surface area (Å²) in [6.07, 6.45) is 7.70. The molecule has 1 saturated carbocycles. The summed E-state index contributed by atoms with van der Waals surface area (Å²) in [5, 5.41) is 10.9. The molecule has 1 aliphatic carbocycles. The number of hydrogen-bond donors (Lipinski definition) is 1. The van der Waals surface area contributed by atoms with Crippen LogP contribution in [0, 0.1) is 6.92 Å². The van der Waals surface area contributed by atoms with E-state index in [9.17, 15) is 18.3 Å². The van der Waals surface area contributed by atoms with E-state index in [2.05, 4.69) is 9.97 Å². The van der Waals surface area contributed by atoms with E-state index < -0.39 is 32.2 Å². The minimum atomic E-state index is -4.35. The van der Waals surface area contributed by atoms with Crippen molar-refractivity contribution in [1.29, 1.82) is 0 Å². The van der Waals surface area contributed by atoms with Crippen LogP contribution in [0.25, 0.3) is 11.1 Å². The Hall–Kier alpha value is -3.78. The average molecular weight is 530 g/mol. The van der Waals surface area contributed by atoms with Crippen molar-refractivity contribution >= 4 is 9.84 Å². The van der Waals surface area contributed by atoms with Gasteiger partial charge in [0.15, 0.2) is 4.90 Å². The van der Waals surface area contributed by atoms with Crippen LogP contribution >= 0.6 is 0 Å². The summed E-state index contributed by atoms with van der Waals surface area (Å²) >= 11 is 0. The van der Waals surface area contributed by atoms with Crippen molar-refractivity contribution in [3.8, 4) is 17.0 Å². The fourth-order valence-electron chi connectivity index (χ4n) is 5.50. The molecule has 7 nitrogen and oxygen atoms in total. The van der Waals surface area contributed by atoms with Crippen LogP contribution in [0.4, 0.5) is 0 Å². The van der Waals surface area contributed by atoms with Gasteiger partial charge in [-0.2, -0.15) is 4.98 Å². The van der Waals surface area contributed by atoms with Crippen LogP contribution < -0.4 is 5.56 Å². The molecule has 4 aromatic rings. The molecule has 1 unspecified atom stereocenters. The van der Waals surface area contributed by atoms with Gasteiger partial charge in [0.1, 0.15) is 5.82 Å². The van der Waals surface area contributed by atoms with Gasteiger partial charge in [-0.05, 0) is 66.6 Å². The molecule has 196 valence electrons. The standard InChI is InChI=1S/C30H31N3O4S/c1-3-26(22-9-5-4-6-10-22)33-28(23-11-7-8-12-23)32-29(34)27(30(33)35)38(36,37)24-15-13-21(14-16-24)25-17-18-31-19-20(25)2/h4-6,9-10,13-19,23,26,34H,3,7-8,11-12H2,1-2H3. The van der Waals surface area contributed by atoms with Gasteiger partial charge in [-0.15, -0.1) is 0 Å². The molecule has 0 amide bonds. The number of nitrogens with zero attached hydrogens (tertiary/aromatic N) is 3. The number of aromatic nitrogens is 3. The summed E-state index contributed by atoms with van der Waals surface area (Å²) in [5.41, 5.74) is 2.89. The molecule has 5 rings (SSSR count). The lowest BCUT2D eigenvalue weighted by Crippen LogP contribution is -2.34. The highest BCUT2D eigenvalue weighted by molar-refractivity contribution is 7.91. The van der Waals surface area contributed by atoms with Crippen molar-refractivity contribution in [3.05, 3.63) is 100 Å². The zero-order valence-corrected chi connectivity index (χ0v) is 22.4. The van der Waals surface area contributed by atoms with Gasteiger partial charge in [-0.3, -0.25) is 14.3 Å². The molecule has 0 radical (unpaired) electrons. The van der Waals surface area contributed by atoms with Crippen LogP contribution in [0.15, 0.2) is 87.6 Å². The fraction of sp³-hybridized carbons (Fsp3) is 0.300. The summed E-state index contributed by atoms with van der Waals surface area (Å²) in [5.74, 6) is -0.278. The number of rotatable bonds is 7. The molecule has 2 aromatic heterocycles. The zero-order chi connectivity index (χ0) is 26.9. The maximum atomic E-state index is 14.1. The normalized spacial score (nSPS) is 15.0. The van der Waals surface area contributed by atoms with Gasteiger partial charge in [-0.25, -0.2) is 8.42 Å². The number of aryl methyl sites for hydroxylation is 1. The first kappa shape index (κ1) is 25.9. The first-order valence-electron chi connectivity index (χ1n) is 13.0. The number of sulfone groups is 1. The summed E-state index contributed by atoms with van der Waals surface area (Å²) in [4.78, 5) is 21.8. The Morgan fingerprint density at radius 1 is 1.03 bits per heavy atom. The molecule has 0 spiro atoms. The highest BCUT2D eigenvalue weighted by atomic mass is 32.2. The second-order valence-electron chi connectivity index (χ2n) is 9.83. The third-order valence-corrected chi connectivity index (χ3v) is 9.24. The van der Waals surface area contributed by atoms with E-state index in [0.717, 1.165) is 47.9 Å². The van der Waals surface area contributed by atoms with Gasteiger partial charge in [0.25, 0.3) is 5.56 Å². The van der Waals surface area contributed by atoms with E-state index >= 15 is 0 Å². The van der Waals surface area contributed by atoms with Gasteiger partial charge < -0.3 is 5.11 Å². The van der Waals surface area contributed by atoms with E-state index in [1.54, 1.807) is 24.5 Å². The van der Waals surface area contributed by atoms with Crippen molar-refractivity contribution in [2.75, 3.05) is 0 Å². The highest BCUT2D eigenvalue weighted by Crippen LogP contribution is 2.37. The van der Waals surface area contributed by atoms with E-state index in [1.165, 1.54) is 16.7 Å². The molecule has 1 fully saturated rings. The summed E-state index contributed by atoms with van der Waals surface area (Å²) in [7, 11) is -4.35. The molecule has 8 heteroatoms. The summed E-state index contributed by atoms with van der Waals surface area (Å²) in [6, 6.07) is 17.3. The van der Waals surface area contributed by atoms with Gasteiger partial charge in [0.2, 0.25) is 15.7 Å². The largest absolute Gasteiger partial charge is 0.492 e. The predicted molar refractivity (Wildman–Crippen MR) is 146 cm³/mol. The molecule has 1 atom stereocenters.